The molecule has 0 aliphatic carbocycles. The normalized spacial score (nSPS) is 14.9. The third kappa shape index (κ3) is 3.40. The van der Waals surface area contributed by atoms with Crippen LogP contribution in [0.25, 0.3) is 28.4 Å². The quantitative estimate of drug-likeness (QED) is 0.435. The van der Waals surface area contributed by atoms with Gasteiger partial charge in [-0.05, 0) is 42.8 Å². The molecule has 6 nitrogen and oxygen atoms in total. The molecule has 0 radical (unpaired) electrons. The van der Waals surface area contributed by atoms with Crippen LogP contribution in [-0.4, -0.2) is 21.4 Å². The van der Waals surface area contributed by atoms with Crippen molar-refractivity contribution in [2.45, 2.75) is 6.92 Å². The van der Waals surface area contributed by atoms with Gasteiger partial charge in [0.2, 0.25) is 0 Å². The van der Waals surface area contributed by atoms with Crippen LogP contribution in [0.3, 0.4) is 0 Å². The Labute approximate surface area is 188 Å². The topological polar surface area (TPSA) is 67.6 Å². The number of fused-ring (bicyclic) bond motifs is 1. The summed E-state index contributed by atoms with van der Waals surface area (Å²) in [6.07, 6.45) is 1.65. The van der Waals surface area contributed by atoms with Crippen molar-refractivity contribution in [1.82, 2.24) is 9.66 Å². The van der Waals surface area contributed by atoms with Gasteiger partial charge in [-0.3, -0.25) is 9.59 Å². The number of carbonyl (C=O) groups is 1. The summed E-state index contributed by atoms with van der Waals surface area (Å²) >= 11 is 6.07. The highest BCUT2D eigenvalue weighted by atomic mass is 35.5. The van der Waals surface area contributed by atoms with Crippen LogP contribution in [0.5, 0.6) is 0 Å². The molecule has 1 aliphatic rings. The van der Waals surface area contributed by atoms with E-state index in [-0.39, 0.29) is 11.3 Å². The minimum atomic E-state index is -0.418. The van der Waals surface area contributed by atoms with Crippen LogP contribution in [0.15, 0.2) is 94.3 Å². The molecule has 0 saturated heterocycles. The second kappa shape index (κ2) is 7.90. The fraction of sp³-hybridized carbons (Fsp3) is 0.0400. The first-order chi connectivity index (χ1) is 15.5. The lowest BCUT2D eigenvalue weighted by atomic mass is 10.2. The average molecular weight is 441 g/mol. The Bertz CT molecular complexity index is 1490. The lowest BCUT2D eigenvalue weighted by molar-refractivity contribution is -0.115. The minimum absolute atomic E-state index is 0.212. The van der Waals surface area contributed by atoms with Crippen molar-refractivity contribution in [3.63, 3.8) is 0 Å². The van der Waals surface area contributed by atoms with Crippen LogP contribution < -0.4 is 10.6 Å². The molecule has 156 valence electrons. The number of hydrogen-bond acceptors (Lipinski definition) is 4. The van der Waals surface area contributed by atoms with E-state index in [2.05, 4.69) is 4.99 Å². The van der Waals surface area contributed by atoms with Crippen molar-refractivity contribution < 1.29 is 4.79 Å². The summed E-state index contributed by atoms with van der Waals surface area (Å²) in [6, 6.07) is 23.5. The van der Waals surface area contributed by atoms with Gasteiger partial charge in [-0.2, -0.15) is 9.69 Å². The van der Waals surface area contributed by atoms with E-state index in [1.165, 1.54) is 9.69 Å². The Hall–Kier alpha value is -4.03. The van der Waals surface area contributed by atoms with Crippen molar-refractivity contribution in [2.75, 3.05) is 5.01 Å². The first-order valence-corrected chi connectivity index (χ1v) is 10.4. The lowest BCUT2D eigenvalue weighted by Crippen LogP contribution is -2.47. The van der Waals surface area contributed by atoms with Gasteiger partial charge in [0.15, 0.2) is 5.82 Å². The lowest BCUT2D eigenvalue weighted by Gasteiger charge is -2.22. The van der Waals surface area contributed by atoms with Crippen LogP contribution in [-0.2, 0) is 4.79 Å². The maximum absolute atomic E-state index is 13.5. The van der Waals surface area contributed by atoms with Crippen LogP contribution in [0.2, 0.25) is 5.02 Å². The van der Waals surface area contributed by atoms with E-state index in [1.54, 1.807) is 49.4 Å². The summed E-state index contributed by atoms with van der Waals surface area (Å²) in [4.78, 5) is 36.1. The van der Waals surface area contributed by atoms with Gasteiger partial charge in [0.1, 0.15) is 11.5 Å². The van der Waals surface area contributed by atoms with Gasteiger partial charge in [0.25, 0.3) is 11.5 Å². The fourth-order valence-electron chi connectivity index (χ4n) is 3.69. The first kappa shape index (κ1) is 19.9. The summed E-state index contributed by atoms with van der Waals surface area (Å²) in [7, 11) is 0. The Morgan fingerprint density at radius 3 is 2.44 bits per heavy atom. The molecule has 3 aromatic carbocycles. The number of para-hydroxylation sites is 1. The molecule has 0 saturated carbocycles. The van der Waals surface area contributed by atoms with Crippen LogP contribution in [0, 0.1) is 0 Å². The SMILES string of the molecule is CC1=N/C(=C/c2cccc(Cl)c2)C(=O)N1n1c(-c2ccccc2)nc2ccccc2c1=O. The highest BCUT2D eigenvalue weighted by molar-refractivity contribution is 6.30. The predicted molar refractivity (Wildman–Crippen MR) is 127 cm³/mol. The molecule has 0 unspecified atom stereocenters. The molecule has 0 bridgehead atoms. The maximum Gasteiger partial charge on any atom is 0.297 e. The number of halogens is 1. The molecule has 4 aromatic rings. The van der Waals surface area contributed by atoms with Gasteiger partial charge in [0, 0.05) is 10.6 Å². The monoisotopic (exact) mass is 440 g/mol. The standard InChI is InChI=1S/C25H17ClN4O2/c1-16-27-22(15-17-8-7-11-19(26)14-17)25(32)29(16)30-23(18-9-3-2-4-10-18)28-21-13-6-5-12-20(21)24(30)31/h2-15H,1H3/b22-15+. The van der Waals surface area contributed by atoms with Crippen molar-refractivity contribution in [3.8, 4) is 11.4 Å². The molecular formula is C25H17ClN4O2. The van der Waals surface area contributed by atoms with Gasteiger partial charge >= 0.3 is 0 Å². The molecule has 1 aromatic heterocycles. The molecule has 7 heteroatoms. The van der Waals surface area contributed by atoms with Gasteiger partial charge in [-0.15, -0.1) is 0 Å². The average Bonchev–Trinajstić information content (AvgIpc) is 3.07. The van der Waals surface area contributed by atoms with Crippen LogP contribution in [0.1, 0.15) is 12.5 Å². The third-order valence-corrected chi connectivity index (χ3v) is 5.37. The van der Waals surface area contributed by atoms with Crippen LogP contribution in [0.4, 0.5) is 0 Å². The van der Waals surface area contributed by atoms with Crippen molar-refractivity contribution in [3.05, 3.63) is 105 Å². The second-order valence-corrected chi connectivity index (χ2v) is 7.73. The maximum atomic E-state index is 13.5. The summed E-state index contributed by atoms with van der Waals surface area (Å²) in [5.41, 5.74) is 1.88. The van der Waals surface area contributed by atoms with E-state index in [0.29, 0.717) is 33.1 Å². The predicted octanol–water partition coefficient (Wildman–Crippen LogP) is 4.65. The van der Waals surface area contributed by atoms with E-state index in [0.717, 1.165) is 5.56 Å². The van der Waals surface area contributed by atoms with Crippen molar-refractivity contribution in [2.24, 2.45) is 4.99 Å². The van der Waals surface area contributed by atoms with E-state index in [9.17, 15) is 9.59 Å². The summed E-state index contributed by atoms with van der Waals surface area (Å²) < 4.78 is 1.30. The van der Waals surface area contributed by atoms with Crippen LogP contribution >= 0.6 is 11.6 Å². The number of amidine groups is 1. The molecule has 1 aliphatic heterocycles. The number of rotatable bonds is 3. The molecule has 32 heavy (non-hydrogen) atoms. The van der Waals surface area contributed by atoms with Gasteiger partial charge in [-0.1, -0.05) is 66.2 Å². The highest BCUT2D eigenvalue weighted by Crippen LogP contribution is 2.24. The van der Waals surface area contributed by atoms with E-state index in [4.69, 9.17) is 16.6 Å². The van der Waals surface area contributed by atoms with Gasteiger partial charge in [-0.25, -0.2) is 9.98 Å². The van der Waals surface area contributed by atoms with E-state index in [1.807, 2.05) is 42.5 Å². The van der Waals surface area contributed by atoms with Gasteiger partial charge in [0.05, 0.1) is 10.9 Å². The van der Waals surface area contributed by atoms with Crippen molar-refractivity contribution in [1.29, 1.82) is 0 Å². The first-order valence-electron chi connectivity index (χ1n) is 9.97. The number of aromatic nitrogens is 2. The Balaban J connectivity index is 1.71. The molecule has 0 spiro atoms. The summed E-state index contributed by atoms with van der Waals surface area (Å²) in [5, 5.41) is 2.25. The summed E-state index contributed by atoms with van der Waals surface area (Å²) in [6.45, 7) is 1.69. The Morgan fingerprint density at radius 1 is 0.906 bits per heavy atom. The molecule has 0 fully saturated rings. The number of benzene rings is 3. The number of aliphatic imine (C=N–C) groups is 1. The zero-order valence-electron chi connectivity index (χ0n) is 17.1. The molecule has 1 amide bonds. The zero-order valence-corrected chi connectivity index (χ0v) is 17.8. The summed E-state index contributed by atoms with van der Waals surface area (Å²) in [5.74, 6) is 0.319. The Morgan fingerprint density at radius 2 is 1.66 bits per heavy atom. The third-order valence-electron chi connectivity index (χ3n) is 5.14. The number of carbonyl (C=O) groups excluding carboxylic acids is 1. The van der Waals surface area contributed by atoms with Gasteiger partial charge < -0.3 is 0 Å². The molecule has 0 N–H and O–H groups in total. The number of nitrogens with zero attached hydrogens (tertiary/aromatic N) is 4. The largest absolute Gasteiger partial charge is 0.297 e. The molecule has 5 rings (SSSR count). The highest BCUT2D eigenvalue weighted by Gasteiger charge is 2.32. The second-order valence-electron chi connectivity index (χ2n) is 7.30. The van der Waals surface area contributed by atoms with E-state index < -0.39 is 5.91 Å². The minimum Gasteiger partial charge on any atom is -0.267 e. The Kier molecular flexibility index (Phi) is 4.92. The smallest absolute Gasteiger partial charge is 0.267 e. The number of hydrogen-bond donors (Lipinski definition) is 0. The zero-order chi connectivity index (χ0) is 22.2. The molecular weight excluding hydrogens is 424 g/mol. The fourth-order valence-corrected chi connectivity index (χ4v) is 3.89. The van der Waals surface area contributed by atoms with E-state index >= 15 is 0 Å². The molecule has 2 heterocycles. The molecule has 0 atom stereocenters. The van der Waals surface area contributed by atoms with Crippen molar-refractivity contribution >= 4 is 40.3 Å². The number of amides is 1.